The number of fused-ring (bicyclic) bond motifs is 1. The summed E-state index contributed by atoms with van der Waals surface area (Å²) in [7, 11) is 0. The summed E-state index contributed by atoms with van der Waals surface area (Å²) in [5, 5.41) is 9.84. The third-order valence-electron chi connectivity index (χ3n) is 6.44. The van der Waals surface area contributed by atoms with Gasteiger partial charge in [-0.05, 0) is 41.5 Å². The predicted molar refractivity (Wildman–Crippen MR) is 140 cm³/mol. The molecule has 13 heteroatoms. The van der Waals surface area contributed by atoms with E-state index in [1.54, 1.807) is 36.4 Å². The van der Waals surface area contributed by atoms with Crippen LogP contribution in [0.5, 0.6) is 23.0 Å². The summed E-state index contributed by atoms with van der Waals surface area (Å²) in [5.74, 6) is -15.1. The van der Waals surface area contributed by atoms with Crippen LogP contribution in [0.1, 0.15) is 22.6 Å². The van der Waals surface area contributed by atoms with Gasteiger partial charge in [-0.25, -0.2) is 22.4 Å². The topological polar surface area (TPSA) is 104 Å². The summed E-state index contributed by atoms with van der Waals surface area (Å²) in [6, 6.07) is 18.7. The molecule has 0 bridgehead atoms. The molecule has 1 atom stereocenters. The van der Waals surface area contributed by atoms with Gasteiger partial charge < -0.3 is 24.7 Å². The molecule has 0 saturated heterocycles. The lowest BCUT2D eigenvalue weighted by Crippen LogP contribution is -2.22. The van der Waals surface area contributed by atoms with Gasteiger partial charge in [0.1, 0.15) is 41.3 Å². The fourth-order valence-corrected chi connectivity index (χ4v) is 4.38. The highest BCUT2D eigenvalue weighted by atomic mass is 19.2. The summed E-state index contributed by atoms with van der Waals surface area (Å²) in [4.78, 5) is 12.3. The van der Waals surface area contributed by atoms with Gasteiger partial charge in [0.2, 0.25) is 35.0 Å². The first kappa shape index (κ1) is 29.8. The maximum absolute atomic E-state index is 13.8. The summed E-state index contributed by atoms with van der Waals surface area (Å²) in [5.41, 5.74) is 7.92. The number of hydrogen-bond acceptors (Lipinski definition) is 7. The second-order valence-corrected chi connectivity index (χ2v) is 9.27. The van der Waals surface area contributed by atoms with Gasteiger partial charge in [0, 0.05) is 11.6 Å². The molecular weight excluding hydrogens is 594 g/mol. The van der Waals surface area contributed by atoms with E-state index in [-0.39, 0.29) is 35.4 Å². The summed E-state index contributed by atoms with van der Waals surface area (Å²) >= 11 is 0. The molecule has 7 nitrogen and oxygen atoms in total. The van der Waals surface area contributed by atoms with Crippen molar-refractivity contribution in [2.24, 2.45) is 5.73 Å². The van der Waals surface area contributed by atoms with E-state index in [1.165, 1.54) is 30.3 Å². The molecular formula is C31H18F6N2O5. The molecule has 44 heavy (non-hydrogen) atoms. The van der Waals surface area contributed by atoms with Gasteiger partial charge >= 0.3 is 5.97 Å². The maximum Gasteiger partial charge on any atom is 0.349 e. The van der Waals surface area contributed by atoms with Crippen LogP contribution in [0.15, 0.2) is 78.2 Å². The molecule has 0 radical (unpaired) electrons. The number of carbonyl (C=O) groups is 1. The van der Waals surface area contributed by atoms with E-state index in [0.717, 1.165) is 5.56 Å². The van der Waals surface area contributed by atoms with Crippen molar-refractivity contribution >= 4 is 5.97 Å². The third kappa shape index (κ3) is 5.96. The molecule has 4 aromatic rings. The highest BCUT2D eigenvalue weighted by Crippen LogP contribution is 2.44. The lowest BCUT2D eigenvalue weighted by molar-refractivity contribution is -0.136. The number of nitrogens with two attached hydrogens (primary N) is 1. The summed E-state index contributed by atoms with van der Waals surface area (Å²) < 4.78 is 102. The zero-order chi connectivity index (χ0) is 31.5. The fourth-order valence-electron chi connectivity index (χ4n) is 4.38. The van der Waals surface area contributed by atoms with Crippen molar-refractivity contribution < 1.29 is 50.1 Å². The van der Waals surface area contributed by atoms with Gasteiger partial charge in [-0.15, -0.1) is 0 Å². The van der Waals surface area contributed by atoms with Crippen molar-refractivity contribution in [3.8, 4) is 29.1 Å². The molecule has 5 rings (SSSR count). The number of rotatable bonds is 8. The number of allylic oxidation sites excluding steroid dienone is 1. The van der Waals surface area contributed by atoms with Crippen molar-refractivity contribution in [1.82, 2.24) is 0 Å². The van der Waals surface area contributed by atoms with E-state index in [0.29, 0.717) is 16.9 Å². The lowest BCUT2D eigenvalue weighted by atomic mass is 9.83. The van der Waals surface area contributed by atoms with Crippen molar-refractivity contribution in [2.45, 2.75) is 12.5 Å². The minimum atomic E-state index is -2.38. The molecule has 0 amide bonds. The van der Waals surface area contributed by atoms with Crippen LogP contribution in [0.3, 0.4) is 0 Å². The zero-order valence-electron chi connectivity index (χ0n) is 22.2. The van der Waals surface area contributed by atoms with Crippen LogP contribution in [-0.2, 0) is 11.4 Å². The fraction of sp³-hybridized carbons (Fsp3) is 0.0968. The second kappa shape index (κ2) is 12.3. The van der Waals surface area contributed by atoms with Crippen LogP contribution in [0, 0.1) is 46.2 Å². The zero-order valence-corrected chi connectivity index (χ0v) is 22.2. The van der Waals surface area contributed by atoms with Gasteiger partial charge in [-0.2, -0.15) is 14.0 Å². The average molecular weight is 612 g/mol. The first-order valence-corrected chi connectivity index (χ1v) is 12.6. The SMILES string of the molecule is N#CC1=C(N)Oc2cc(OC(=O)COc3c(F)c(F)c(F)c(F)c3F)ccc2C1c1cccc(OCc2ccc(F)cc2)c1. The van der Waals surface area contributed by atoms with E-state index in [9.17, 15) is 36.4 Å². The van der Waals surface area contributed by atoms with E-state index >= 15 is 0 Å². The predicted octanol–water partition coefficient (Wildman–Crippen LogP) is 6.30. The number of nitriles is 1. The third-order valence-corrected chi connectivity index (χ3v) is 6.44. The Bertz CT molecular complexity index is 1810. The van der Waals surface area contributed by atoms with E-state index in [1.807, 2.05) is 6.07 Å². The number of hydrogen-bond donors (Lipinski definition) is 1. The lowest BCUT2D eigenvalue weighted by Gasteiger charge is -2.27. The number of carbonyl (C=O) groups excluding carboxylic acids is 1. The molecule has 0 saturated carbocycles. The number of ether oxygens (including phenoxy) is 4. The monoisotopic (exact) mass is 612 g/mol. The number of nitrogens with zero attached hydrogens (tertiary/aromatic N) is 1. The smallest absolute Gasteiger partial charge is 0.349 e. The quantitative estimate of drug-likeness (QED) is 0.0819. The molecule has 1 aliphatic rings. The van der Waals surface area contributed by atoms with Gasteiger partial charge in [0.15, 0.2) is 12.4 Å². The first-order chi connectivity index (χ1) is 21.1. The summed E-state index contributed by atoms with van der Waals surface area (Å²) in [6.07, 6.45) is 0. The second-order valence-electron chi connectivity index (χ2n) is 9.27. The highest BCUT2D eigenvalue weighted by molar-refractivity contribution is 5.74. The van der Waals surface area contributed by atoms with Crippen molar-refractivity contribution in [3.05, 3.63) is 130 Å². The molecule has 0 fully saturated rings. The van der Waals surface area contributed by atoms with Crippen molar-refractivity contribution in [2.75, 3.05) is 6.61 Å². The number of esters is 1. The molecule has 0 aromatic heterocycles. The molecule has 2 N–H and O–H groups in total. The van der Waals surface area contributed by atoms with Crippen LogP contribution < -0.4 is 24.7 Å². The van der Waals surface area contributed by atoms with Crippen molar-refractivity contribution in [3.63, 3.8) is 0 Å². The van der Waals surface area contributed by atoms with Gasteiger partial charge in [0.05, 0.1) is 5.92 Å². The molecule has 4 aromatic carbocycles. The Labute approximate surface area is 245 Å². The van der Waals surface area contributed by atoms with Crippen LogP contribution in [0.4, 0.5) is 26.3 Å². The first-order valence-electron chi connectivity index (χ1n) is 12.6. The summed E-state index contributed by atoms with van der Waals surface area (Å²) in [6.45, 7) is -1.05. The largest absolute Gasteiger partial charge is 0.489 e. The van der Waals surface area contributed by atoms with Crippen LogP contribution >= 0.6 is 0 Å². The van der Waals surface area contributed by atoms with E-state index in [2.05, 4.69) is 4.74 Å². The van der Waals surface area contributed by atoms with E-state index < -0.39 is 53.3 Å². The van der Waals surface area contributed by atoms with E-state index in [4.69, 9.17) is 19.9 Å². The minimum absolute atomic E-state index is 0.0918. The normalized spacial score (nSPS) is 13.9. The molecule has 1 heterocycles. The van der Waals surface area contributed by atoms with Gasteiger partial charge in [0.25, 0.3) is 0 Å². The van der Waals surface area contributed by atoms with Crippen LogP contribution in [0.2, 0.25) is 0 Å². The molecule has 0 spiro atoms. The Morgan fingerprint density at radius 2 is 1.52 bits per heavy atom. The Morgan fingerprint density at radius 3 is 2.20 bits per heavy atom. The van der Waals surface area contributed by atoms with Crippen LogP contribution in [0.25, 0.3) is 0 Å². The Morgan fingerprint density at radius 1 is 0.841 bits per heavy atom. The molecule has 224 valence electrons. The number of halogens is 6. The van der Waals surface area contributed by atoms with Crippen molar-refractivity contribution in [1.29, 1.82) is 5.26 Å². The highest BCUT2D eigenvalue weighted by Gasteiger charge is 2.32. The Hall–Kier alpha value is -5.64. The Balaban J connectivity index is 1.34. The number of benzene rings is 4. The van der Waals surface area contributed by atoms with Gasteiger partial charge in [-0.1, -0.05) is 30.3 Å². The van der Waals surface area contributed by atoms with Gasteiger partial charge in [-0.3, -0.25) is 0 Å². The average Bonchev–Trinajstić information content (AvgIpc) is 3.02. The van der Waals surface area contributed by atoms with Crippen LogP contribution in [-0.4, -0.2) is 12.6 Å². The molecule has 0 aliphatic carbocycles. The molecule has 1 aliphatic heterocycles. The molecule has 1 unspecified atom stereocenters. The Kier molecular flexibility index (Phi) is 8.34. The maximum atomic E-state index is 13.8. The standard InChI is InChI=1S/C31H18F6N2O5/c32-17-6-4-15(5-7-17)13-41-18-3-1-2-16(10-18)24-20-9-8-19(11-22(20)44-31(39)21(24)12-38)43-23(40)14-42-30-28(36)26(34)25(33)27(35)29(30)37/h1-11,24H,13-14,39H2. The minimum Gasteiger partial charge on any atom is -0.489 e.